The van der Waals surface area contributed by atoms with E-state index in [0.717, 1.165) is 6.42 Å². The first-order chi connectivity index (χ1) is 3.68. The average Bonchev–Trinajstić information content (AvgIpc) is 1.87. The van der Waals surface area contributed by atoms with Crippen LogP contribution in [0.15, 0.2) is 0 Å². The maximum Gasteiger partial charge on any atom is 0.0877 e. The van der Waals surface area contributed by atoms with Crippen LogP contribution in [-0.4, -0.2) is 24.4 Å². The zero-order valence-corrected chi connectivity index (χ0v) is 5.77. The number of hydrogen-bond acceptors (Lipinski definition) is 2. The summed E-state index contributed by atoms with van der Waals surface area (Å²) in [5.74, 6) is 0. The molecule has 0 unspecified atom stereocenters. The van der Waals surface area contributed by atoms with Gasteiger partial charge in [0.15, 0.2) is 0 Å². The molecule has 1 N–H and O–H groups in total. The van der Waals surface area contributed by atoms with Crippen molar-refractivity contribution in [2.75, 3.05) is 13.7 Å². The van der Waals surface area contributed by atoms with Crippen LogP contribution in [0.5, 0.6) is 0 Å². The third-order valence-corrected chi connectivity index (χ3v) is 1.58. The minimum Gasteiger partial charge on any atom is -0.393 e. The Balaban J connectivity index is 3.58. The van der Waals surface area contributed by atoms with E-state index in [4.69, 9.17) is 9.84 Å². The summed E-state index contributed by atoms with van der Waals surface area (Å²) in [7, 11) is 1.61. The minimum absolute atomic E-state index is 0.0972. The summed E-state index contributed by atoms with van der Waals surface area (Å²) >= 11 is 0. The summed E-state index contributed by atoms with van der Waals surface area (Å²) in [6.45, 7) is 3.96. The zero-order valence-electron chi connectivity index (χ0n) is 5.77. The van der Waals surface area contributed by atoms with Crippen molar-refractivity contribution in [2.24, 2.45) is 0 Å². The lowest BCUT2D eigenvalue weighted by molar-refractivity contribution is -0.0398. The van der Waals surface area contributed by atoms with Crippen LogP contribution in [-0.2, 0) is 4.74 Å². The first-order valence-corrected chi connectivity index (χ1v) is 2.84. The van der Waals surface area contributed by atoms with Crippen molar-refractivity contribution in [2.45, 2.75) is 25.9 Å². The van der Waals surface area contributed by atoms with E-state index in [1.54, 1.807) is 7.11 Å². The van der Waals surface area contributed by atoms with Crippen LogP contribution in [0.3, 0.4) is 0 Å². The van der Waals surface area contributed by atoms with Gasteiger partial charge in [0.25, 0.3) is 0 Å². The molecule has 0 spiro atoms. The fraction of sp³-hybridized carbons (Fsp3) is 1.00. The molecule has 2 nitrogen and oxygen atoms in total. The normalized spacial score (nSPS) is 18.0. The van der Waals surface area contributed by atoms with E-state index in [1.165, 1.54) is 0 Å². The molecule has 8 heavy (non-hydrogen) atoms. The molecule has 0 heterocycles. The lowest BCUT2D eigenvalue weighted by atomic mass is 10.1. The third-order valence-electron chi connectivity index (χ3n) is 1.58. The van der Waals surface area contributed by atoms with E-state index in [1.807, 2.05) is 13.8 Å². The zero-order chi connectivity index (χ0) is 6.62. The SMILES string of the molecule is CC[C@](C)(CO)OC. The van der Waals surface area contributed by atoms with Gasteiger partial charge in [0.1, 0.15) is 0 Å². The molecular weight excluding hydrogens is 104 g/mol. The third kappa shape index (κ3) is 1.80. The van der Waals surface area contributed by atoms with Gasteiger partial charge in [-0.3, -0.25) is 0 Å². The minimum atomic E-state index is -0.319. The van der Waals surface area contributed by atoms with Crippen LogP contribution in [0.25, 0.3) is 0 Å². The molecule has 0 bridgehead atoms. The molecule has 0 amide bonds. The molecule has 0 aliphatic carbocycles. The number of aliphatic hydroxyl groups is 1. The predicted octanol–water partition coefficient (Wildman–Crippen LogP) is 0.794. The van der Waals surface area contributed by atoms with E-state index in [2.05, 4.69) is 0 Å². The smallest absolute Gasteiger partial charge is 0.0877 e. The number of hydrogen-bond donors (Lipinski definition) is 1. The van der Waals surface area contributed by atoms with Gasteiger partial charge in [0.2, 0.25) is 0 Å². The van der Waals surface area contributed by atoms with Crippen LogP contribution >= 0.6 is 0 Å². The first kappa shape index (κ1) is 7.92. The summed E-state index contributed by atoms with van der Waals surface area (Å²) in [5.41, 5.74) is -0.319. The summed E-state index contributed by atoms with van der Waals surface area (Å²) in [6, 6.07) is 0. The van der Waals surface area contributed by atoms with Gasteiger partial charge in [-0.15, -0.1) is 0 Å². The van der Waals surface area contributed by atoms with Gasteiger partial charge in [0, 0.05) is 7.11 Å². The molecule has 0 saturated heterocycles. The molecule has 0 aromatic rings. The highest BCUT2D eigenvalue weighted by molar-refractivity contribution is 4.69. The average molecular weight is 118 g/mol. The Morgan fingerprint density at radius 1 is 1.62 bits per heavy atom. The second-order valence-electron chi connectivity index (χ2n) is 2.17. The molecule has 0 rings (SSSR count). The summed E-state index contributed by atoms with van der Waals surface area (Å²) in [6.07, 6.45) is 0.847. The molecule has 1 atom stereocenters. The Labute approximate surface area is 50.5 Å². The van der Waals surface area contributed by atoms with Gasteiger partial charge in [0.05, 0.1) is 12.2 Å². The van der Waals surface area contributed by atoms with E-state index >= 15 is 0 Å². The summed E-state index contributed by atoms with van der Waals surface area (Å²) in [4.78, 5) is 0. The molecule has 0 aromatic heterocycles. The molecule has 0 radical (unpaired) electrons. The predicted molar refractivity (Wildman–Crippen MR) is 32.8 cm³/mol. The van der Waals surface area contributed by atoms with Crippen molar-refractivity contribution < 1.29 is 9.84 Å². The fourth-order valence-electron chi connectivity index (χ4n) is 0.321. The molecule has 0 aromatic carbocycles. The lowest BCUT2D eigenvalue weighted by Gasteiger charge is -2.22. The van der Waals surface area contributed by atoms with Crippen LogP contribution in [0.2, 0.25) is 0 Å². The maximum atomic E-state index is 8.66. The second kappa shape index (κ2) is 3.05. The van der Waals surface area contributed by atoms with Crippen LogP contribution in [0.4, 0.5) is 0 Å². The van der Waals surface area contributed by atoms with Crippen molar-refractivity contribution in [3.05, 3.63) is 0 Å². The number of rotatable bonds is 3. The Morgan fingerprint density at radius 2 is 2.12 bits per heavy atom. The van der Waals surface area contributed by atoms with Gasteiger partial charge < -0.3 is 9.84 Å². The monoisotopic (exact) mass is 118 g/mol. The van der Waals surface area contributed by atoms with Crippen molar-refractivity contribution in [1.82, 2.24) is 0 Å². The standard InChI is InChI=1S/C6H14O2/c1-4-6(2,5-7)8-3/h7H,4-5H2,1-3H3/t6-/m1/s1. The van der Waals surface area contributed by atoms with Gasteiger partial charge in [-0.2, -0.15) is 0 Å². The number of ether oxygens (including phenoxy) is 1. The highest BCUT2D eigenvalue weighted by atomic mass is 16.5. The molecule has 0 aliphatic rings. The topological polar surface area (TPSA) is 29.5 Å². The molecular formula is C6H14O2. The van der Waals surface area contributed by atoms with E-state index < -0.39 is 0 Å². The van der Waals surface area contributed by atoms with Crippen molar-refractivity contribution >= 4 is 0 Å². The molecule has 50 valence electrons. The summed E-state index contributed by atoms with van der Waals surface area (Å²) < 4.78 is 4.99. The Hall–Kier alpha value is -0.0800. The molecule has 0 fully saturated rings. The lowest BCUT2D eigenvalue weighted by Crippen LogP contribution is -2.30. The maximum absolute atomic E-state index is 8.66. The van der Waals surface area contributed by atoms with Crippen molar-refractivity contribution in [3.8, 4) is 0 Å². The Morgan fingerprint density at radius 3 is 2.12 bits per heavy atom. The second-order valence-corrected chi connectivity index (χ2v) is 2.17. The molecule has 2 heteroatoms. The summed E-state index contributed by atoms with van der Waals surface area (Å²) in [5, 5.41) is 8.66. The fourth-order valence-corrected chi connectivity index (χ4v) is 0.321. The van der Waals surface area contributed by atoms with E-state index in [-0.39, 0.29) is 12.2 Å². The number of methoxy groups -OCH3 is 1. The van der Waals surface area contributed by atoms with Gasteiger partial charge >= 0.3 is 0 Å². The van der Waals surface area contributed by atoms with Gasteiger partial charge in [-0.05, 0) is 13.3 Å². The van der Waals surface area contributed by atoms with Crippen LogP contribution < -0.4 is 0 Å². The first-order valence-electron chi connectivity index (χ1n) is 2.84. The largest absolute Gasteiger partial charge is 0.393 e. The van der Waals surface area contributed by atoms with Crippen LogP contribution in [0, 0.1) is 0 Å². The van der Waals surface area contributed by atoms with Crippen molar-refractivity contribution in [1.29, 1.82) is 0 Å². The van der Waals surface area contributed by atoms with Gasteiger partial charge in [-0.1, -0.05) is 6.92 Å². The number of aliphatic hydroxyl groups excluding tert-OH is 1. The Kier molecular flexibility index (Phi) is 3.02. The van der Waals surface area contributed by atoms with Gasteiger partial charge in [-0.25, -0.2) is 0 Å². The van der Waals surface area contributed by atoms with E-state index in [9.17, 15) is 0 Å². The van der Waals surface area contributed by atoms with Crippen molar-refractivity contribution in [3.63, 3.8) is 0 Å². The van der Waals surface area contributed by atoms with Crippen LogP contribution in [0.1, 0.15) is 20.3 Å². The Bertz CT molecular complexity index is 49.3. The molecule has 0 saturated carbocycles. The molecule has 0 aliphatic heterocycles. The van der Waals surface area contributed by atoms with E-state index in [0.29, 0.717) is 0 Å². The highest BCUT2D eigenvalue weighted by Gasteiger charge is 2.18. The quantitative estimate of drug-likeness (QED) is 0.593. The highest BCUT2D eigenvalue weighted by Crippen LogP contribution is 2.11.